The number of likely N-dealkylation sites (tertiary alicyclic amines) is 1. The fraction of sp³-hybridized carbons (Fsp3) is 0.562. The van der Waals surface area contributed by atoms with Gasteiger partial charge in [0.15, 0.2) is 0 Å². The number of carbonyl (C=O) groups is 1. The summed E-state index contributed by atoms with van der Waals surface area (Å²) < 4.78 is 0.895. The Balaban J connectivity index is 2.00. The number of nitrogen functional groups attached to an aromatic ring is 1. The minimum Gasteiger partial charge on any atom is -0.398 e. The number of rotatable bonds is 4. The molecule has 2 N–H and O–H groups in total. The van der Waals surface area contributed by atoms with Gasteiger partial charge in [0.05, 0.1) is 5.56 Å². The van der Waals surface area contributed by atoms with Crippen LogP contribution in [0, 0.1) is 0 Å². The molecule has 5 heteroatoms. The van der Waals surface area contributed by atoms with Crippen LogP contribution in [-0.4, -0.2) is 48.4 Å². The molecule has 1 fully saturated rings. The number of anilines is 1. The third-order valence-electron chi connectivity index (χ3n) is 4.21. The Kier molecular flexibility index (Phi) is 5.65. The monoisotopic (exact) mass is 353 g/mol. The number of amides is 1. The molecule has 0 unspecified atom stereocenters. The van der Waals surface area contributed by atoms with Crippen molar-refractivity contribution in [3.8, 4) is 0 Å². The fourth-order valence-corrected chi connectivity index (χ4v) is 3.31. The van der Waals surface area contributed by atoms with Crippen molar-refractivity contribution in [1.82, 2.24) is 9.80 Å². The molecule has 0 aliphatic carbocycles. The predicted molar refractivity (Wildman–Crippen MR) is 90.4 cm³/mol. The van der Waals surface area contributed by atoms with Crippen molar-refractivity contribution in [1.29, 1.82) is 0 Å². The van der Waals surface area contributed by atoms with E-state index in [2.05, 4.69) is 27.8 Å². The maximum Gasteiger partial charge on any atom is 0.255 e. The summed E-state index contributed by atoms with van der Waals surface area (Å²) in [5.74, 6) is 0.0222. The van der Waals surface area contributed by atoms with Gasteiger partial charge in [-0.15, -0.1) is 0 Å². The molecule has 0 saturated carbocycles. The summed E-state index contributed by atoms with van der Waals surface area (Å²) >= 11 is 3.37. The summed E-state index contributed by atoms with van der Waals surface area (Å²) in [5.41, 5.74) is 7.09. The van der Waals surface area contributed by atoms with Crippen LogP contribution in [0.25, 0.3) is 0 Å². The number of hydrogen-bond acceptors (Lipinski definition) is 3. The van der Waals surface area contributed by atoms with E-state index < -0.39 is 0 Å². The molecule has 21 heavy (non-hydrogen) atoms. The van der Waals surface area contributed by atoms with Gasteiger partial charge in [-0.2, -0.15) is 0 Å². The molecule has 0 aromatic heterocycles. The zero-order valence-electron chi connectivity index (χ0n) is 12.8. The van der Waals surface area contributed by atoms with Crippen LogP contribution in [0.4, 0.5) is 5.69 Å². The van der Waals surface area contributed by atoms with Gasteiger partial charge in [0.25, 0.3) is 5.91 Å². The average molecular weight is 354 g/mol. The molecule has 1 aromatic carbocycles. The second-order valence-electron chi connectivity index (χ2n) is 5.72. The third kappa shape index (κ3) is 3.98. The summed E-state index contributed by atoms with van der Waals surface area (Å²) in [7, 11) is 1.89. The summed E-state index contributed by atoms with van der Waals surface area (Å²) in [6, 6.07) is 5.75. The molecule has 1 aromatic rings. The highest BCUT2D eigenvalue weighted by atomic mass is 79.9. The highest BCUT2D eigenvalue weighted by Gasteiger charge is 2.26. The van der Waals surface area contributed by atoms with Crippen LogP contribution >= 0.6 is 15.9 Å². The van der Waals surface area contributed by atoms with Crippen molar-refractivity contribution in [2.24, 2.45) is 0 Å². The quantitative estimate of drug-likeness (QED) is 0.846. The van der Waals surface area contributed by atoms with Crippen molar-refractivity contribution in [3.63, 3.8) is 0 Å². The van der Waals surface area contributed by atoms with Gasteiger partial charge in [0.1, 0.15) is 0 Å². The molecular weight excluding hydrogens is 330 g/mol. The topological polar surface area (TPSA) is 49.6 Å². The normalized spacial score (nSPS) is 16.9. The van der Waals surface area contributed by atoms with Crippen LogP contribution < -0.4 is 5.73 Å². The van der Waals surface area contributed by atoms with Gasteiger partial charge in [-0.3, -0.25) is 4.79 Å². The van der Waals surface area contributed by atoms with E-state index in [9.17, 15) is 4.79 Å². The van der Waals surface area contributed by atoms with E-state index >= 15 is 0 Å². The summed E-state index contributed by atoms with van der Waals surface area (Å²) in [6.45, 7) is 5.51. The number of piperidine rings is 1. The van der Waals surface area contributed by atoms with E-state index in [0.29, 0.717) is 17.3 Å². The lowest BCUT2D eigenvalue weighted by atomic mass is 10.0. The van der Waals surface area contributed by atoms with Crippen molar-refractivity contribution in [2.75, 3.05) is 32.4 Å². The lowest BCUT2D eigenvalue weighted by Crippen LogP contribution is -2.45. The van der Waals surface area contributed by atoms with Crippen LogP contribution in [0.1, 0.15) is 36.5 Å². The SMILES string of the molecule is CCCN1CCC(N(C)C(=O)c2ccc(Br)cc2N)CC1. The molecule has 0 bridgehead atoms. The summed E-state index contributed by atoms with van der Waals surface area (Å²) in [6.07, 6.45) is 3.27. The van der Waals surface area contributed by atoms with Gasteiger partial charge >= 0.3 is 0 Å². The van der Waals surface area contributed by atoms with Crippen molar-refractivity contribution < 1.29 is 4.79 Å². The Bertz CT molecular complexity index is 498. The van der Waals surface area contributed by atoms with Gasteiger partial charge in [0, 0.05) is 36.3 Å². The lowest BCUT2D eigenvalue weighted by molar-refractivity contribution is 0.0643. The van der Waals surface area contributed by atoms with Gasteiger partial charge in [0.2, 0.25) is 0 Å². The first-order valence-corrected chi connectivity index (χ1v) is 8.36. The van der Waals surface area contributed by atoms with E-state index in [1.807, 2.05) is 18.0 Å². The molecule has 116 valence electrons. The Morgan fingerprint density at radius 3 is 2.67 bits per heavy atom. The van der Waals surface area contributed by atoms with E-state index in [0.717, 1.165) is 36.9 Å². The second kappa shape index (κ2) is 7.27. The van der Waals surface area contributed by atoms with E-state index in [4.69, 9.17) is 5.73 Å². The lowest BCUT2D eigenvalue weighted by Gasteiger charge is -2.36. The van der Waals surface area contributed by atoms with E-state index in [1.165, 1.54) is 6.42 Å². The highest BCUT2D eigenvalue weighted by molar-refractivity contribution is 9.10. The molecule has 0 radical (unpaired) electrons. The number of carbonyl (C=O) groups excluding carboxylic acids is 1. The molecule has 1 heterocycles. The third-order valence-corrected chi connectivity index (χ3v) is 4.70. The zero-order chi connectivity index (χ0) is 15.4. The number of nitrogens with zero attached hydrogens (tertiary/aromatic N) is 2. The Morgan fingerprint density at radius 1 is 1.43 bits per heavy atom. The second-order valence-corrected chi connectivity index (χ2v) is 6.64. The number of benzene rings is 1. The first-order valence-electron chi connectivity index (χ1n) is 7.57. The molecule has 4 nitrogen and oxygen atoms in total. The van der Waals surface area contributed by atoms with Crippen LogP contribution in [0.2, 0.25) is 0 Å². The maximum absolute atomic E-state index is 12.6. The molecular formula is C16H24BrN3O. The van der Waals surface area contributed by atoms with E-state index in [1.54, 1.807) is 12.1 Å². The molecule has 0 atom stereocenters. The largest absolute Gasteiger partial charge is 0.398 e. The summed E-state index contributed by atoms with van der Waals surface area (Å²) in [4.78, 5) is 16.9. The number of nitrogens with two attached hydrogens (primary N) is 1. The maximum atomic E-state index is 12.6. The van der Waals surface area contributed by atoms with Crippen LogP contribution in [0.15, 0.2) is 22.7 Å². The zero-order valence-corrected chi connectivity index (χ0v) is 14.4. The first kappa shape index (κ1) is 16.3. The first-order chi connectivity index (χ1) is 10.0. The van der Waals surface area contributed by atoms with Crippen molar-refractivity contribution in [2.45, 2.75) is 32.2 Å². The molecule has 1 aliphatic heterocycles. The Labute approximate surface area is 135 Å². The fourth-order valence-electron chi connectivity index (χ4n) is 2.93. The van der Waals surface area contributed by atoms with Gasteiger partial charge in [-0.1, -0.05) is 22.9 Å². The highest BCUT2D eigenvalue weighted by Crippen LogP contribution is 2.23. The van der Waals surface area contributed by atoms with Gasteiger partial charge < -0.3 is 15.5 Å². The minimum atomic E-state index is 0.0222. The van der Waals surface area contributed by atoms with Crippen LogP contribution in [-0.2, 0) is 0 Å². The smallest absolute Gasteiger partial charge is 0.255 e. The standard InChI is InChI=1S/C16H24BrN3O/c1-3-8-20-9-6-13(7-10-20)19(2)16(21)14-5-4-12(17)11-15(14)18/h4-5,11,13H,3,6-10,18H2,1-2H3. The number of halogens is 1. The average Bonchev–Trinajstić information content (AvgIpc) is 2.47. The molecule has 0 spiro atoms. The molecule has 1 aliphatic rings. The van der Waals surface area contributed by atoms with Gasteiger partial charge in [-0.05, 0) is 44.0 Å². The van der Waals surface area contributed by atoms with Crippen LogP contribution in [0.5, 0.6) is 0 Å². The molecule has 1 saturated heterocycles. The van der Waals surface area contributed by atoms with Crippen molar-refractivity contribution >= 4 is 27.5 Å². The molecule has 2 rings (SSSR count). The van der Waals surface area contributed by atoms with Gasteiger partial charge in [-0.25, -0.2) is 0 Å². The Hall–Kier alpha value is -1.07. The minimum absolute atomic E-state index is 0.0222. The van der Waals surface area contributed by atoms with Crippen molar-refractivity contribution in [3.05, 3.63) is 28.2 Å². The predicted octanol–water partition coefficient (Wildman–Crippen LogP) is 2.98. The summed E-state index contributed by atoms with van der Waals surface area (Å²) in [5, 5.41) is 0. The number of hydrogen-bond donors (Lipinski definition) is 1. The Morgan fingerprint density at radius 2 is 2.10 bits per heavy atom. The van der Waals surface area contributed by atoms with E-state index in [-0.39, 0.29) is 5.91 Å². The van der Waals surface area contributed by atoms with Crippen LogP contribution in [0.3, 0.4) is 0 Å². The molecule has 1 amide bonds.